The summed E-state index contributed by atoms with van der Waals surface area (Å²) in [5, 5.41) is 24.2. The summed E-state index contributed by atoms with van der Waals surface area (Å²) in [5.41, 5.74) is 9.72. The summed E-state index contributed by atoms with van der Waals surface area (Å²) in [7, 11) is 0. The van der Waals surface area contributed by atoms with E-state index in [1.54, 1.807) is 0 Å². The Morgan fingerprint density at radius 2 is 1.33 bits per heavy atom. The summed E-state index contributed by atoms with van der Waals surface area (Å²) >= 11 is 0. The number of benzene rings is 1. The van der Waals surface area contributed by atoms with E-state index >= 15 is 0 Å². The number of aliphatic hydroxyl groups is 2. The monoisotopic (exact) mass is 461 g/mol. The van der Waals surface area contributed by atoms with E-state index in [1.165, 1.54) is 77.0 Å². The van der Waals surface area contributed by atoms with Crippen molar-refractivity contribution in [3.63, 3.8) is 0 Å². The molecular weight excluding hydrogens is 414 g/mol. The Kier molecular flexibility index (Phi) is 17.7. The molecule has 0 radical (unpaired) electrons. The second kappa shape index (κ2) is 19.8. The van der Waals surface area contributed by atoms with Gasteiger partial charge in [-0.1, -0.05) is 132 Å². The molecule has 0 amide bonds. The first-order chi connectivity index (χ1) is 16.2. The maximum Gasteiger partial charge on any atom is 0.176 e. The summed E-state index contributed by atoms with van der Waals surface area (Å²) in [6.45, 7) is 2.02. The van der Waals surface area contributed by atoms with Crippen LogP contribution in [0.3, 0.4) is 0 Å². The van der Waals surface area contributed by atoms with E-state index in [1.807, 2.05) is 30.3 Å². The van der Waals surface area contributed by atoms with E-state index in [4.69, 9.17) is 10.3 Å². The van der Waals surface area contributed by atoms with Crippen molar-refractivity contribution in [3.8, 4) is 0 Å². The normalized spacial score (nSPS) is 13.9. The zero-order valence-electron chi connectivity index (χ0n) is 20.8. The number of ether oxygens (including phenoxy) is 1. The molecule has 188 valence electrons. The molecule has 0 aliphatic carbocycles. The first-order valence-electron chi connectivity index (χ1n) is 13.2. The third-order valence-corrected chi connectivity index (χ3v) is 6.35. The SMILES string of the molecule is CCCCCCCCCCCCCCCCC[C@@](O)(OCc1ccccc1)[C@H](CO)N=[N+]=[N-]. The lowest BCUT2D eigenvalue weighted by Gasteiger charge is -2.33. The van der Waals surface area contributed by atoms with Crippen molar-refractivity contribution in [1.29, 1.82) is 0 Å². The zero-order valence-corrected chi connectivity index (χ0v) is 20.8. The van der Waals surface area contributed by atoms with Gasteiger partial charge in [0.25, 0.3) is 0 Å². The lowest BCUT2D eigenvalue weighted by atomic mass is 9.99. The first-order valence-corrected chi connectivity index (χ1v) is 13.2. The highest BCUT2D eigenvalue weighted by molar-refractivity contribution is 5.13. The van der Waals surface area contributed by atoms with Crippen LogP contribution in [0.4, 0.5) is 0 Å². The van der Waals surface area contributed by atoms with Gasteiger partial charge in [-0.2, -0.15) is 0 Å². The van der Waals surface area contributed by atoms with Gasteiger partial charge in [-0.3, -0.25) is 0 Å². The van der Waals surface area contributed by atoms with Crippen LogP contribution in [0.1, 0.15) is 115 Å². The second-order valence-electron chi connectivity index (χ2n) is 9.22. The second-order valence-corrected chi connectivity index (χ2v) is 9.22. The summed E-state index contributed by atoms with van der Waals surface area (Å²) in [6.07, 6.45) is 19.4. The molecule has 2 atom stereocenters. The molecule has 0 aromatic heterocycles. The lowest BCUT2D eigenvalue weighted by molar-refractivity contribution is -0.232. The van der Waals surface area contributed by atoms with Crippen LogP contribution < -0.4 is 0 Å². The van der Waals surface area contributed by atoms with E-state index < -0.39 is 18.4 Å². The number of aliphatic hydroxyl groups excluding tert-OH is 1. The Labute approximate surface area is 201 Å². The Balaban J connectivity index is 2.18. The zero-order chi connectivity index (χ0) is 24.0. The molecule has 0 saturated heterocycles. The number of hydrogen-bond acceptors (Lipinski definition) is 4. The molecule has 0 fully saturated rings. The maximum absolute atomic E-state index is 11.0. The molecule has 0 unspecified atom stereocenters. The third-order valence-electron chi connectivity index (χ3n) is 6.35. The summed E-state index contributed by atoms with van der Waals surface area (Å²) in [4.78, 5) is 2.77. The number of hydrogen-bond donors (Lipinski definition) is 2. The smallest absolute Gasteiger partial charge is 0.176 e. The van der Waals surface area contributed by atoms with Gasteiger partial charge in [-0.05, 0) is 17.5 Å². The van der Waals surface area contributed by atoms with E-state index in [0.29, 0.717) is 6.42 Å². The molecule has 1 aromatic carbocycles. The summed E-state index contributed by atoms with van der Waals surface area (Å²) < 4.78 is 5.77. The molecule has 0 bridgehead atoms. The van der Waals surface area contributed by atoms with Crippen LogP contribution in [0.2, 0.25) is 0 Å². The minimum absolute atomic E-state index is 0.202. The molecule has 6 heteroatoms. The average Bonchev–Trinajstić information content (AvgIpc) is 2.84. The molecule has 0 aliphatic rings. The van der Waals surface area contributed by atoms with Crippen LogP contribution >= 0.6 is 0 Å². The number of azide groups is 1. The van der Waals surface area contributed by atoms with Crippen molar-refractivity contribution in [2.75, 3.05) is 6.61 Å². The Morgan fingerprint density at radius 3 is 1.79 bits per heavy atom. The van der Waals surface area contributed by atoms with Gasteiger partial charge in [0.05, 0.1) is 13.2 Å². The predicted molar refractivity (Wildman–Crippen MR) is 136 cm³/mol. The van der Waals surface area contributed by atoms with Gasteiger partial charge in [-0.15, -0.1) is 0 Å². The van der Waals surface area contributed by atoms with Gasteiger partial charge < -0.3 is 14.9 Å². The van der Waals surface area contributed by atoms with E-state index in [-0.39, 0.29) is 6.61 Å². The van der Waals surface area contributed by atoms with Gasteiger partial charge >= 0.3 is 0 Å². The highest BCUT2D eigenvalue weighted by Gasteiger charge is 2.36. The molecule has 1 aromatic rings. The molecule has 0 heterocycles. The van der Waals surface area contributed by atoms with Crippen LogP contribution in [0.25, 0.3) is 10.4 Å². The van der Waals surface area contributed by atoms with Crippen LogP contribution in [0.15, 0.2) is 35.4 Å². The number of unbranched alkanes of at least 4 members (excludes halogenated alkanes) is 14. The minimum atomic E-state index is -1.66. The lowest BCUT2D eigenvalue weighted by Crippen LogP contribution is -2.45. The fourth-order valence-corrected chi connectivity index (χ4v) is 4.20. The maximum atomic E-state index is 11.0. The quantitative estimate of drug-likeness (QED) is 0.0605. The predicted octanol–water partition coefficient (Wildman–Crippen LogP) is 7.82. The third kappa shape index (κ3) is 14.3. The topological polar surface area (TPSA) is 98.5 Å². The standard InChI is InChI=1S/C27H47N3O3/c1-2-3-4-5-6-7-8-9-10-11-12-13-14-15-19-22-27(32,26(23-31)29-30-28)33-24-25-20-17-16-18-21-25/h16-18,20-21,26,31-32H,2-15,19,22-24H2,1H3/t26-,27+/m0/s1. The molecule has 2 N–H and O–H groups in total. The van der Waals surface area contributed by atoms with Crippen molar-refractivity contribution < 1.29 is 14.9 Å². The van der Waals surface area contributed by atoms with Crippen LogP contribution in [0, 0.1) is 0 Å². The van der Waals surface area contributed by atoms with Gasteiger partial charge in [-0.25, -0.2) is 0 Å². The van der Waals surface area contributed by atoms with E-state index in [9.17, 15) is 10.2 Å². The largest absolute Gasteiger partial charge is 0.396 e. The van der Waals surface area contributed by atoms with Gasteiger partial charge in [0.15, 0.2) is 5.79 Å². The Morgan fingerprint density at radius 1 is 0.848 bits per heavy atom. The molecule has 0 saturated carbocycles. The van der Waals surface area contributed by atoms with E-state index in [2.05, 4.69) is 16.9 Å². The van der Waals surface area contributed by atoms with Gasteiger partial charge in [0.1, 0.15) is 6.04 Å². The Hall–Kier alpha value is -1.59. The fraction of sp³-hybridized carbons (Fsp3) is 0.778. The van der Waals surface area contributed by atoms with Gasteiger partial charge in [0, 0.05) is 11.3 Å². The highest BCUT2D eigenvalue weighted by Crippen LogP contribution is 2.26. The van der Waals surface area contributed by atoms with Crippen molar-refractivity contribution >= 4 is 0 Å². The molecule has 1 rings (SSSR count). The number of nitrogens with zero attached hydrogens (tertiary/aromatic N) is 3. The minimum Gasteiger partial charge on any atom is -0.396 e. The highest BCUT2D eigenvalue weighted by atomic mass is 16.6. The molecule has 0 aliphatic heterocycles. The summed E-state index contributed by atoms with van der Waals surface area (Å²) in [5.74, 6) is -1.66. The van der Waals surface area contributed by atoms with Gasteiger partial charge in [0.2, 0.25) is 0 Å². The van der Waals surface area contributed by atoms with Crippen LogP contribution in [0.5, 0.6) is 0 Å². The van der Waals surface area contributed by atoms with E-state index in [0.717, 1.165) is 24.8 Å². The molecule has 6 nitrogen and oxygen atoms in total. The van der Waals surface area contributed by atoms with Crippen molar-refractivity contribution in [2.24, 2.45) is 5.11 Å². The Bertz CT molecular complexity index is 622. The number of rotatable bonds is 22. The van der Waals surface area contributed by atoms with Crippen LogP contribution in [-0.2, 0) is 11.3 Å². The van der Waals surface area contributed by atoms with Crippen molar-refractivity contribution in [2.45, 2.75) is 128 Å². The fourth-order valence-electron chi connectivity index (χ4n) is 4.20. The summed E-state index contributed by atoms with van der Waals surface area (Å²) in [6, 6.07) is 8.54. The molecule has 0 spiro atoms. The molecular formula is C27H47N3O3. The average molecular weight is 462 g/mol. The molecule has 33 heavy (non-hydrogen) atoms. The first kappa shape index (κ1) is 29.4. The van der Waals surface area contributed by atoms with Crippen LogP contribution in [-0.4, -0.2) is 28.6 Å². The van der Waals surface area contributed by atoms with Crippen molar-refractivity contribution in [1.82, 2.24) is 0 Å². The van der Waals surface area contributed by atoms with Crippen molar-refractivity contribution in [3.05, 3.63) is 46.3 Å².